The van der Waals surface area contributed by atoms with Gasteiger partial charge in [0.25, 0.3) is 0 Å². The third kappa shape index (κ3) is 9.75. The summed E-state index contributed by atoms with van der Waals surface area (Å²) in [7, 11) is 3.14. The number of benzene rings is 2. The first kappa shape index (κ1) is 40.4. The number of nitrogens with zero attached hydrogens (tertiary/aromatic N) is 8. The van der Waals surface area contributed by atoms with Crippen LogP contribution < -0.4 is 20.7 Å². The number of nitrogens with two attached hydrogens (primary N) is 1. The van der Waals surface area contributed by atoms with Crippen LogP contribution in [0, 0.1) is 13.8 Å². The molecule has 3 atom stereocenters. The Morgan fingerprint density at radius 1 is 0.842 bits per heavy atom. The lowest BCUT2D eigenvalue weighted by molar-refractivity contribution is -0.00464. The van der Waals surface area contributed by atoms with Gasteiger partial charge in [-0.05, 0) is 81.8 Å². The molecule has 3 N–H and O–H groups in total. The molecular weight excluding hydrogens is 771 g/mol. The second-order valence-electron chi connectivity index (χ2n) is 12.8. The van der Waals surface area contributed by atoms with Gasteiger partial charge in [-0.1, -0.05) is 40.5 Å². The SMILES string of the molecule is COc1cc(/C(N)=N/OC(C)C(=O)c2ccc(Cl)cc2)cnc1-n1cnc(C)c1.COc1cc(C2=NC(c3ccc(Cl)cc3)C(C)ON2)cnc1-n1cnc(C)c1. The first-order valence-corrected chi connectivity index (χ1v) is 18.3. The molecule has 0 bridgehead atoms. The highest BCUT2D eigenvalue weighted by Crippen LogP contribution is 2.29. The quantitative estimate of drug-likeness (QED) is 0.0609. The van der Waals surface area contributed by atoms with Crippen molar-refractivity contribution in [1.82, 2.24) is 34.6 Å². The average Bonchev–Trinajstić information content (AvgIpc) is 3.87. The molecule has 5 heterocycles. The Balaban J connectivity index is 0.000000193. The van der Waals surface area contributed by atoms with Crippen molar-refractivity contribution in [2.24, 2.45) is 15.9 Å². The van der Waals surface area contributed by atoms with Crippen LogP contribution in [0.25, 0.3) is 11.6 Å². The van der Waals surface area contributed by atoms with E-state index in [1.807, 2.05) is 68.1 Å². The van der Waals surface area contributed by atoms with E-state index in [-0.39, 0.29) is 23.8 Å². The number of oxime groups is 1. The van der Waals surface area contributed by atoms with Gasteiger partial charge >= 0.3 is 0 Å². The van der Waals surface area contributed by atoms with Gasteiger partial charge in [-0.3, -0.25) is 23.8 Å². The molecule has 0 amide bonds. The molecule has 0 radical (unpaired) electrons. The van der Waals surface area contributed by atoms with Gasteiger partial charge < -0.3 is 20.0 Å². The summed E-state index contributed by atoms with van der Waals surface area (Å²) in [5, 5.41) is 5.11. The number of pyridine rings is 2. The zero-order valence-electron chi connectivity index (χ0n) is 31.9. The summed E-state index contributed by atoms with van der Waals surface area (Å²) in [5.74, 6) is 2.75. The fourth-order valence-electron chi connectivity index (χ4n) is 5.61. The summed E-state index contributed by atoms with van der Waals surface area (Å²) in [6.45, 7) is 7.37. The van der Waals surface area contributed by atoms with Crippen LogP contribution >= 0.6 is 23.2 Å². The number of aryl methyl sites for hydroxylation is 2. The first-order valence-electron chi connectivity index (χ1n) is 17.6. The molecule has 0 fully saturated rings. The van der Waals surface area contributed by atoms with Gasteiger partial charge in [0.15, 0.2) is 40.9 Å². The van der Waals surface area contributed by atoms with E-state index in [1.165, 1.54) is 7.11 Å². The van der Waals surface area contributed by atoms with E-state index in [4.69, 9.17) is 53.1 Å². The van der Waals surface area contributed by atoms with E-state index in [0.29, 0.717) is 50.1 Å². The topological polar surface area (TPSA) is 178 Å². The molecule has 17 heteroatoms. The van der Waals surface area contributed by atoms with E-state index >= 15 is 0 Å². The van der Waals surface area contributed by atoms with Gasteiger partial charge in [-0.25, -0.2) is 25.4 Å². The number of hydrogen-bond acceptors (Lipinski definition) is 12. The van der Waals surface area contributed by atoms with Crippen molar-refractivity contribution < 1.29 is 23.9 Å². The van der Waals surface area contributed by atoms with Crippen molar-refractivity contribution in [2.45, 2.75) is 45.9 Å². The van der Waals surface area contributed by atoms with E-state index in [9.17, 15) is 4.79 Å². The predicted octanol–water partition coefficient (Wildman–Crippen LogP) is 6.79. The van der Waals surface area contributed by atoms with Crippen LogP contribution in [0.3, 0.4) is 0 Å². The van der Waals surface area contributed by atoms with Crippen molar-refractivity contribution in [3.8, 4) is 23.1 Å². The van der Waals surface area contributed by atoms with Crippen LogP contribution in [-0.4, -0.2) is 73.0 Å². The molecular formula is C40H40Cl2N10O5. The van der Waals surface area contributed by atoms with Gasteiger partial charge in [0.1, 0.15) is 24.8 Å². The number of ether oxygens (including phenoxy) is 2. The average molecular weight is 812 g/mol. The number of hydroxylamine groups is 1. The molecule has 6 aromatic rings. The van der Waals surface area contributed by atoms with Crippen LogP contribution in [0.15, 0.2) is 108 Å². The number of ketones is 1. The zero-order valence-corrected chi connectivity index (χ0v) is 33.4. The lowest BCUT2D eigenvalue weighted by Crippen LogP contribution is -2.37. The van der Waals surface area contributed by atoms with Crippen LogP contribution in [0.2, 0.25) is 10.0 Å². The summed E-state index contributed by atoms with van der Waals surface area (Å²) in [4.78, 5) is 45.6. The number of hydrogen-bond donors (Lipinski definition) is 2. The van der Waals surface area contributed by atoms with Gasteiger partial charge in [0, 0.05) is 51.5 Å². The molecule has 1 aliphatic rings. The van der Waals surface area contributed by atoms with Crippen molar-refractivity contribution in [2.75, 3.05) is 14.2 Å². The normalized spacial score (nSPS) is 15.7. The zero-order chi connectivity index (χ0) is 40.6. The minimum absolute atomic E-state index is 0.0694. The highest BCUT2D eigenvalue weighted by molar-refractivity contribution is 6.31. The number of carbonyl (C=O) groups excluding carboxylic acids is 1. The maximum atomic E-state index is 12.4. The Morgan fingerprint density at radius 3 is 1.96 bits per heavy atom. The largest absolute Gasteiger partial charge is 0.493 e. The number of nitrogens with one attached hydrogen (secondary N) is 1. The van der Waals surface area contributed by atoms with E-state index in [2.05, 4.69) is 30.6 Å². The van der Waals surface area contributed by atoms with E-state index in [0.717, 1.165) is 22.5 Å². The highest BCUT2D eigenvalue weighted by atomic mass is 35.5. The van der Waals surface area contributed by atoms with Gasteiger partial charge in [-0.2, -0.15) is 0 Å². The number of carbonyl (C=O) groups is 1. The lowest BCUT2D eigenvalue weighted by atomic mass is 10.0. The fraction of sp³-hybridized carbons (Fsp3) is 0.225. The molecule has 3 unspecified atom stereocenters. The van der Waals surface area contributed by atoms with Gasteiger partial charge in [0.05, 0.1) is 25.6 Å². The number of aliphatic imine (C=N–C) groups is 1. The molecule has 0 saturated heterocycles. The molecule has 1 aliphatic heterocycles. The van der Waals surface area contributed by atoms with Gasteiger partial charge in [0.2, 0.25) is 5.78 Å². The highest BCUT2D eigenvalue weighted by Gasteiger charge is 2.26. The summed E-state index contributed by atoms with van der Waals surface area (Å²) in [6, 6.07) is 17.6. The number of amidine groups is 2. The van der Waals surface area contributed by atoms with Crippen molar-refractivity contribution in [3.63, 3.8) is 0 Å². The minimum atomic E-state index is -0.822. The number of methoxy groups -OCH3 is 2. The number of aromatic nitrogens is 6. The Labute approximate surface area is 339 Å². The molecule has 294 valence electrons. The second-order valence-corrected chi connectivity index (χ2v) is 13.7. The maximum absolute atomic E-state index is 12.4. The third-order valence-corrected chi connectivity index (χ3v) is 9.16. The van der Waals surface area contributed by atoms with Crippen LogP contribution in [0.1, 0.15) is 58.3 Å². The minimum Gasteiger partial charge on any atom is -0.493 e. The van der Waals surface area contributed by atoms with Crippen LogP contribution in [-0.2, 0) is 9.68 Å². The summed E-state index contributed by atoms with van der Waals surface area (Å²) in [5.41, 5.74) is 13.4. The smallest absolute Gasteiger partial charge is 0.205 e. The van der Waals surface area contributed by atoms with E-state index < -0.39 is 6.10 Å². The molecule has 0 saturated carbocycles. The van der Waals surface area contributed by atoms with Crippen LogP contribution in [0.5, 0.6) is 11.5 Å². The fourth-order valence-corrected chi connectivity index (χ4v) is 5.87. The Hall–Kier alpha value is -6.29. The third-order valence-electron chi connectivity index (χ3n) is 8.66. The lowest BCUT2D eigenvalue weighted by Gasteiger charge is -2.28. The molecule has 0 aliphatic carbocycles. The van der Waals surface area contributed by atoms with Crippen molar-refractivity contribution in [3.05, 3.63) is 142 Å². The Bertz CT molecular complexity index is 2400. The summed E-state index contributed by atoms with van der Waals surface area (Å²) in [6.07, 6.45) is 9.39. The summed E-state index contributed by atoms with van der Waals surface area (Å²) < 4.78 is 14.5. The number of halogens is 2. The van der Waals surface area contributed by atoms with Crippen molar-refractivity contribution in [1.29, 1.82) is 0 Å². The number of imidazole rings is 2. The van der Waals surface area contributed by atoms with E-state index in [1.54, 1.807) is 74.0 Å². The molecule has 0 spiro atoms. The summed E-state index contributed by atoms with van der Waals surface area (Å²) >= 11 is 11.8. The molecule has 4 aromatic heterocycles. The molecule has 2 aromatic carbocycles. The standard InChI is InChI=1S/C20H20ClN5O3.C20H20ClN5O2/c1-12-10-26(11-24-12)20-17(28-3)8-15(9-23-20)19(22)25-29-13(2)18(27)14-4-6-16(21)7-5-14;1-12-10-26(11-23-12)20-17(27-3)8-15(9-22-20)19-24-18(13(2)28-25-19)14-4-6-16(21)7-5-14/h4-11,13H,1-3H3,(H2,22,25);4-11,13,18H,1-3H3,(H,24,25). The van der Waals surface area contributed by atoms with Crippen molar-refractivity contribution >= 4 is 40.7 Å². The monoisotopic (exact) mass is 810 g/mol. The Kier molecular flexibility index (Phi) is 12.8. The predicted molar refractivity (Wildman–Crippen MR) is 217 cm³/mol. The van der Waals surface area contributed by atoms with Crippen LogP contribution in [0.4, 0.5) is 0 Å². The second kappa shape index (κ2) is 18.1. The molecule has 57 heavy (non-hydrogen) atoms. The molecule has 7 rings (SSSR count). The number of rotatable bonds is 11. The molecule has 15 nitrogen and oxygen atoms in total. The maximum Gasteiger partial charge on any atom is 0.205 e. The first-order chi connectivity index (χ1) is 27.4. The number of Topliss-reactive ketones (excluding diaryl/α,β-unsaturated/α-hetero) is 1. The van der Waals surface area contributed by atoms with Gasteiger partial charge in [-0.15, -0.1) is 0 Å². The Morgan fingerprint density at radius 2 is 1.40 bits per heavy atom.